The lowest BCUT2D eigenvalue weighted by atomic mass is 10.2. The fourth-order valence-electron chi connectivity index (χ4n) is 1.30. The van der Waals surface area contributed by atoms with Crippen molar-refractivity contribution in [3.8, 4) is 11.5 Å². The Morgan fingerprint density at radius 3 is 2.82 bits per heavy atom. The van der Waals surface area contributed by atoms with Crippen molar-refractivity contribution < 1.29 is 19.7 Å². The summed E-state index contributed by atoms with van der Waals surface area (Å²) >= 11 is 0. The molecule has 5 heteroatoms. The Balaban J connectivity index is 2.65. The summed E-state index contributed by atoms with van der Waals surface area (Å²) in [5.74, 6) is -0.398. The van der Waals surface area contributed by atoms with Gasteiger partial charge in [-0.1, -0.05) is 6.07 Å². The Morgan fingerprint density at radius 1 is 1.53 bits per heavy atom. The van der Waals surface area contributed by atoms with Crippen molar-refractivity contribution in [2.75, 3.05) is 6.61 Å². The van der Waals surface area contributed by atoms with Crippen molar-refractivity contribution in [2.24, 2.45) is 0 Å². The number of benzene rings is 1. The van der Waals surface area contributed by atoms with E-state index in [0.29, 0.717) is 18.9 Å². The summed E-state index contributed by atoms with van der Waals surface area (Å²) in [6.45, 7) is 4.28. The molecular weight excluding hydrogens is 222 g/mol. The minimum absolute atomic E-state index is 0.0851. The SMILES string of the molecule is CCOc1cc(CNC(C)C(=O)O)ccc1O. The summed E-state index contributed by atoms with van der Waals surface area (Å²) in [4.78, 5) is 10.6. The van der Waals surface area contributed by atoms with Gasteiger partial charge in [0.15, 0.2) is 11.5 Å². The smallest absolute Gasteiger partial charge is 0.320 e. The van der Waals surface area contributed by atoms with E-state index in [0.717, 1.165) is 5.56 Å². The molecule has 1 aromatic carbocycles. The average molecular weight is 239 g/mol. The van der Waals surface area contributed by atoms with Crippen LogP contribution in [0.3, 0.4) is 0 Å². The van der Waals surface area contributed by atoms with Crippen LogP contribution in [0, 0.1) is 0 Å². The predicted molar refractivity (Wildman–Crippen MR) is 63.2 cm³/mol. The van der Waals surface area contributed by atoms with Crippen LogP contribution >= 0.6 is 0 Å². The molecule has 0 fully saturated rings. The van der Waals surface area contributed by atoms with Crippen molar-refractivity contribution in [3.63, 3.8) is 0 Å². The second kappa shape index (κ2) is 6.10. The molecule has 0 aliphatic heterocycles. The lowest BCUT2D eigenvalue weighted by Gasteiger charge is -2.11. The largest absolute Gasteiger partial charge is 0.504 e. The molecular formula is C12H17NO4. The molecule has 17 heavy (non-hydrogen) atoms. The first kappa shape index (κ1) is 13.3. The number of aromatic hydroxyl groups is 1. The number of nitrogens with one attached hydrogen (secondary N) is 1. The predicted octanol–water partition coefficient (Wildman–Crippen LogP) is 1.35. The highest BCUT2D eigenvalue weighted by Gasteiger charge is 2.10. The number of carboxylic acids is 1. The zero-order chi connectivity index (χ0) is 12.8. The molecule has 0 bridgehead atoms. The molecule has 0 aromatic heterocycles. The van der Waals surface area contributed by atoms with Crippen LogP contribution in [0.5, 0.6) is 11.5 Å². The van der Waals surface area contributed by atoms with Crippen LogP contribution in [0.4, 0.5) is 0 Å². The number of hydrogen-bond acceptors (Lipinski definition) is 4. The van der Waals surface area contributed by atoms with E-state index in [9.17, 15) is 9.90 Å². The second-order valence-corrected chi connectivity index (χ2v) is 3.68. The minimum atomic E-state index is -0.895. The summed E-state index contributed by atoms with van der Waals surface area (Å²) < 4.78 is 5.24. The monoisotopic (exact) mass is 239 g/mol. The van der Waals surface area contributed by atoms with Gasteiger partial charge in [-0.15, -0.1) is 0 Å². The summed E-state index contributed by atoms with van der Waals surface area (Å²) in [5.41, 5.74) is 0.861. The molecule has 0 radical (unpaired) electrons. The second-order valence-electron chi connectivity index (χ2n) is 3.68. The van der Waals surface area contributed by atoms with E-state index in [4.69, 9.17) is 9.84 Å². The molecule has 1 atom stereocenters. The highest BCUT2D eigenvalue weighted by atomic mass is 16.5. The van der Waals surface area contributed by atoms with Crippen molar-refractivity contribution in [1.82, 2.24) is 5.32 Å². The van der Waals surface area contributed by atoms with Gasteiger partial charge in [0.1, 0.15) is 6.04 Å². The molecule has 0 spiro atoms. The maximum atomic E-state index is 10.6. The maximum Gasteiger partial charge on any atom is 0.320 e. The van der Waals surface area contributed by atoms with Gasteiger partial charge in [-0.3, -0.25) is 4.79 Å². The Labute approximate surface area is 100 Å². The van der Waals surface area contributed by atoms with Gasteiger partial charge in [0.2, 0.25) is 0 Å². The van der Waals surface area contributed by atoms with Crippen LogP contribution < -0.4 is 10.1 Å². The van der Waals surface area contributed by atoms with Gasteiger partial charge in [-0.05, 0) is 31.5 Å². The molecule has 1 rings (SSSR count). The number of aliphatic carboxylic acids is 1. The number of phenols is 1. The first-order valence-electron chi connectivity index (χ1n) is 5.45. The van der Waals surface area contributed by atoms with E-state index in [1.165, 1.54) is 6.07 Å². The van der Waals surface area contributed by atoms with E-state index in [-0.39, 0.29) is 5.75 Å². The van der Waals surface area contributed by atoms with Gasteiger partial charge >= 0.3 is 5.97 Å². The molecule has 0 amide bonds. The van der Waals surface area contributed by atoms with Crippen molar-refractivity contribution in [2.45, 2.75) is 26.4 Å². The number of hydrogen-bond donors (Lipinski definition) is 3. The fourth-order valence-corrected chi connectivity index (χ4v) is 1.30. The Bertz CT molecular complexity index is 392. The zero-order valence-corrected chi connectivity index (χ0v) is 9.93. The summed E-state index contributed by atoms with van der Waals surface area (Å²) in [6.07, 6.45) is 0. The molecule has 3 N–H and O–H groups in total. The highest BCUT2D eigenvalue weighted by molar-refractivity contribution is 5.72. The first-order valence-corrected chi connectivity index (χ1v) is 5.45. The standard InChI is InChI=1S/C12H17NO4/c1-3-17-11-6-9(4-5-10(11)14)7-13-8(2)12(15)16/h4-6,8,13-14H,3,7H2,1-2H3,(H,15,16). The van der Waals surface area contributed by atoms with E-state index in [1.807, 2.05) is 6.92 Å². The fraction of sp³-hybridized carbons (Fsp3) is 0.417. The van der Waals surface area contributed by atoms with Crippen LogP contribution in [0.15, 0.2) is 18.2 Å². The van der Waals surface area contributed by atoms with E-state index < -0.39 is 12.0 Å². The number of phenolic OH excluding ortho intramolecular Hbond substituents is 1. The molecule has 5 nitrogen and oxygen atoms in total. The summed E-state index contributed by atoms with van der Waals surface area (Å²) in [7, 11) is 0. The molecule has 0 aliphatic rings. The molecule has 0 saturated carbocycles. The Kier molecular flexibility index (Phi) is 4.78. The number of ether oxygens (including phenoxy) is 1. The Morgan fingerprint density at radius 2 is 2.24 bits per heavy atom. The third-order valence-corrected chi connectivity index (χ3v) is 2.31. The number of rotatable bonds is 6. The van der Waals surface area contributed by atoms with E-state index in [1.54, 1.807) is 19.1 Å². The number of carbonyl (C=O) groups is 1. The van der Waals surface area contributed by atoms with Gasteiger partial charge in [-0.25, -0.2) is 0 Å². The maximum absolute atomic E-state index is 10.6. The zero-order valence-electron chi connectivity index (χ0n) is 9.93. The number of carboxylic acid groups (broad SMARTS) is 1. The van der Waals surface area contributed by atoms with E-state index >= 15 is 0 Å². The van der Waals surface area contributed by atoms with Gasteiger partial charge < -0.3 is 20.3 Å². The van der Waals surface area contributed by atoms with Gasteiger partial charge in [-0.2, -0.15) is 0 Å². The van der Waals surface area contributed by atoms with Crippen LogP contribution in [0.2, 0.25) is 0 Å². The lowest BCUT2D eigenvalue weighted by Crippen LogP contribution is -2.33. The van der Waals surface area contributed by atoms with Crippen LogP contribution in [0.1, 0.15) is 19.4 Å². The van der Waals surface area contributed by atoms with Crippen LogP contribution in [-0.4, -0.2) is 28.8 Å². The molecule has 0 aliphatic carbocycles. The summed E-state index contributed by atoms with van der Waals surface area (Å²) in [5, 5.41) is 21.1. The molecule has 1 unspecified atom stereocenters. The quantitative estimate of drug-likeness (QED) is 0.698. The van der Waals surface area contributed by atoms with Crippen LogP contribution in [-0.2, 0) is 11.3 Å². The topological polar surface area (TPSA) is 78.8 Å². The third-order valence-electron chi connectivity index (χ3n) is 2.31. The van der Waals surface area contributed by atoms with Crippen LogP contribution in [0.25, 0.3) is 0 Å². The normalized spacial score (nSPS) is 12.1. The first-order chi connectivity index (χ1) is 8.04. The van der Waals surface area contributed by atoms with E-state index in [2.05, 4.69) is 5.32 Å². The van der Waals surface area contributed by atoms with Crippen molar-refractivity contribution in [3.05, 3.63) is 23.8 Å². The summed E-state index contributed by atoms with van der Waals surface area (Å²) in [6, 6.07) is 4.34. The van der Waals surface area contributed by atoms with Crippen molar-refractivity contribution in [1.29, 1.82) is 0 Å². The average Bonchev–Trinajstić information content (AvgIpc) is 2.29. The molecule has 0 saturated heterocycles. The highest BCUT2D eigenvalue weighted by Crippen LogP contribution is 2.26. The third kappa shape index (κ3) is 3.96. The lowest BCUT2D eigenvalue weighted by molar-refractivity contribution is -0.139. The van der Waals surface area contributed by atoms with Crippen molar-refractivity contribution >= 4 is 5.97 Å². The molecule has 1 aromatic rings. The molecule has 94 valence electrons. The molecule has 0 heterocycles. The minimum Gasteiger partial charge on any atom is -0.504 e. The van der Waals surface area contributed by atoms with Gasteiger partial charge in [0.25, 0.3) is 0 Å². The Hall–Kier alpha value is -1.75. The van der Waals surface area contributed by atoms with Gasteiger partial charge in [0, 0.05) is 6.54 Å². The van der Waals surface area contributed by atoms with Gasteiger partial charge in [0.05, 0.1) is 6.61 Å².